The Morgan fingerprint density at radius 2 is 2.03 bits per heavy atom. The predicted molar refractivity (Wildman–Crippen MR) is 134 cm³/mol. The summed E-state index contributed by atoms with van der Waals surface area (Å²) in [6, 6.07) is 4.28. The Labute approximate surface area is 203 Å². The van der Waals surface area contributed by atoms with E-state index >= 15 is 0 Å². The number of hydrogen-bond donors (Lipinski definition) is 2. The van der Waals surface area contributed by atoms with Crippen molar-refractivity contribution in [3.05, 3.63) is 23.3 Å². The van der Waals surface area contributed by atoms with Crippen LogP contribution in [0.4, 0.5) is 0 Å². The quantitative estimate of drug-likeness (QED) is 0.300. The molecule has 1 saturated heterocycles. The molecule has 1 aromatic carbocycles. The van der Waals surface area contributed by atoms with E-state index in [1.807, 2.05) is 13.0 Å². The first-order valence-electron chi connectivity index (χ1n) is 10.7. The average molecular weight is 567 g/mol. The molecule has 0 aliphatic carbocycles. The molecule has 0 bridgehead atoms. The first-order chi connectivity index (χ1) is 14.4. The second-order valence-electron chi connectivity index (χ2n) is 7.96. The molecule has 0 amide bonds. The van der Waals surface area contributed by atoms with Gasteiger partial charge in [0.25, 0.3) is 0 Å². The molecule has 0 aromatic heterocycles. The zero-order chi connectivity index (χ0) is 21.7. The van der Waals surface area contributed by atoms with Gasteiger partial charge in [-0.3, -0.25) is 4.99 Å². The number of fused-ring (bicyclic) bond motifs is 1. The summed E-state index contributed by atoms with van der Waals surface area (Å²) in [5, 5.41) is 6.77. The Bertz CT molecular complexity index is 870. The molecular formula is C21H35IN4O4S. The van der Waals surface area contributed by atoms with Gasteiger partial charge in [-0.2, -0.15) is 0 Å². The molecule has 1 aromatic rings. The van der Waals surface area contributed by atoms with E-state index in [0.29, 0.717) is 32.0 Å². The van der Waals surface area contributed by atoms with Gasteiger partial charge in [0.05, 0.1) is 12.9 Å². The Morgan fingerprint density at radius 3 is 2.65 bits per heavy atom. The molecule has 31 heavy (non-hydrogen) atoms. The van der Waals surface area contributed by atoms with Crippen molar-refractivity contribution in [1.29, 1.82) is 0 Å². The number of benzene rings is 1. The number of piperidine rings is 1. The molecule has 1 fully saturated rings. The summed E-state index contributed by atoms with van der Waals surface area (Å²) >= 11 is 0. The van der Waals surface area contributed by atoms with Gasteiger partial charge in [-0.25, -0.2) is 12.7 Å². The Morgan fingerprint density at radius 1 is 1.32 bits per heavy atom. The Hall–Kier alpha value is -1.27. The molecule has 1 unspecified atom stereocenters. The molecule has 2 N–H and O–H groups in total. The zero-order valence-corrected chi connectivity index (χ0v) is 22.0. The third-order valence-electron chi connectivity index (χ3n) is 5.62. The highest BCUT2D eigenvalue weighted by atomic mass is 127. The standard InChI is InChI=1S/C21H34N4O4S.HI/c1-5-10-30(26,27)25-8-6-18(7-9-25)24-21(22-3)23-14-17-13-20-16(11-15(2)29-20)12-19(17)28-4;/h12-13,15,18H,5-11,14H2,1-4H3,(H2,22,23,24);1H. The lowest BCUT2D eigenvalue weighted by Gasteiger charge is -2.32. The fraction of sp³-hybridized carbons (Fsp3) is 0.667. The first kappa shape index (κ1) is 26.0. The van der Waals surface area contributed by atoms with E-state index in [1.165, 1.54) is 5.56 Å². The fourth-order valence-electron chi connectivity index (χ4n) is 4.04. The molecule has 1 atom stereocenters. The summed E-state index contributed by atoms with van der Waals surface area (Å²) in [7, 11) is 0.296. The van der Waals surface area contributed by atoms with Crippen molar-refractivity contribution in [1.82, 2.24) is 14.9 Å². The van der Waals surface area contributed by atoms with Crippen LogP contribution in [0.1, 0.15) is 44.2 Å². The van der Waals surface area contributed by atoms with Crippen LogP contribution in [-0.2, 0) is 23.0 Å². The molecule has 2 aliphatic heterocycles. The SMILES string of the molecule is CCCS(=O)(=O)N1CCC(NC(=NC)NCc2cc3c(cc2OC)CC(C)O3)CC1.I. The van der Waals surface area contributed by atoms with E-state index in [9.17, 15) is 8.42 Å². The maximum Gasteiger partial charge on any atom is 0.214 e. The van der Waals surface area contributed by atoms with Crippen molar-refractivity contribution >= 4 is 40.0 Å². The summed E-state index contributed by atoms with van der Waals surface area (Å²) < 4.78 is 37.5. The maximum absolute atomic E-state index is 12.2. The summed E-state index contributed by atoms with van der Waals surface area (Å²) in [5.74, 6) is 2.67. The van der Waals surface area contributed by atoms with Crippen LogP contribution in [0.15, 0.2) is 17.1 Å². The summed E-state index contributed by atoms with van der Waals surface area (Å²) in [6.45, 7) is 5.60. The van der Waals surface area contributed by atoms with Crippen molar-refractivity contribution in [3.63, 3.8) is 0 Å². The van der Waals surface area contributed by atoms with Crippen molar-refractivity contribution in [2.45, 2.75) is 58.2 Å². The second-order valence-corrected chi connectivity index (χ2v) is 10.1. The van der Waals surface area contributed by atoms with Crippen molar-refractivity contribution in [2.75, 3.05) is 33.0 Å². The lowest BCUT2D eigenvalue weighted by molar-refractivity contribution is 0.254. The van der Waals surface area contributed by atoms with Crippen molar-refractivity contribution in [3.8, 4) is 11.5 Å². The third kappa shape index (κ3) is 6.61. The van der Waals surface area contributed by atoms with Crippen LogP contribution in [0.3, 0.4) is 0 Å². The number of hydrogen-bond acceptors (Lipinski definition) is 5. The maximum atomic E-state index is 12.2. The summed E-state index contributed by atoms with van der Waals surface area (Å²) in [5.41, 5.74) is 2.18. The van der Waals surface area contributed by atoms with Gasteiger partial charge in [0.1, 0.15) is 17.6 Å². The highest BCUT2D eigenvalue weighted by Gasteiger charge is 2.28. The molecule has 0 radical (unpaired) electrons. The third-order valence-corrected chi connectivity index (χ3v) is 7.70. The lowest BCUT2D eigenvalue weighted by atomic mass is 10.1. The molecular weight excluding hydrogens is 531 g/mol. The number of ether oxygens (including phenoxy) is 2. The smallest absolute Gasteiger partial charge is 0.214 e. The first-order valence-corrected chi connectivity index (χ1v) is 12.3. The molecule has 8 nitrogen and oxygen atoms in total. The van der Waals surface area contributed by atoms with E-state index in [2.05, 4.69) is 28.6 Å². The van der Waals surface area contributed by atoms with E-state index in [1.54, 1.807) is 18.5 Å². The highest BCUT2D eigenvalue weighted by Crippen LogP contribution is 2.34. The Balaban J connectivity index is 0.00000341. The molecule has 176 valence electrons. The molecule has 2 aliphatic rings. The Kier molecular flexibility index (Phi) is 9.68. The van der Waals surface area contributed by atoms with Crippen LogP contribution in [0.25, 0.3) is 0 Å². The van der Waals surface area contributed by atoms with Gasteiger partial charge in [-0.1, -0.05) is 6.92 Å². The number of methoxy groups -OCH3 is 1. The number of sulfonamides is 1. The minimum Gasteiger partial charge on any atom is -0.496 e. The largest absolute Gasteiger partial charge is 0.496 e. The van der Waals surface area contributed by atoms with Crippen LogP contribution in [0.2, 0.25) is 0 Å². The summed E-state index contributed by atoms with van der Waals surface area (Å²) in [4.78, 5) is 4.32. The van der Waals surface area contributed by atoms with Gasteiger partial charge < -0.3 is 20.1 Å². The highest BCUT2D eigenvalue weighted by molar-refractivity contribution is 14.0. The monoisotopic (exact) mass is 566 g/mol. The van der Waals surface area contributed by atoms with E-state index < -0.39 is 10.0 Å². The van der Waals surface area contributed by atoms with Gasteiger partial charge in [-0.15, -0.1) is 24.0 Å². The molecule has 3 rings (SSSR count). The molecule has 0 saturated carbocycles. The number of guanidine groups is 1. The number of nitrogens with one attached hydrogen (secondary N) is 2. The van der Waals surface area contributed by atoms with Gasteiger partial charge in [0.2, 0.25) is 10.0 Å². The number of aliphatic imine (C=N–C) groups is 1. The zero-order valence-electron chi connectivity index (χ0n) is 18.8. The lowest BCUT2D eigenvalue weighted by Crippen LogP contribution is -2.49. The van der Waals surface area contributed by atoms with Gasteiger partial charge >= 0.3 is 0 Å². The van der Waals surface area contributed by atoms with E-state index in [0.717, 1.165) is 36.3 Å². The van der Waals surface area contributed by atoms with Crippen LogP contribution >= 0.6 is 24.0 Å². The minimum absolute atomic E-state index is 0. The van der Waals surface area contributed by atoms with Crippen molar-refractivity contribution in [2.24, 2.45) is 4.99 Å². The fourth-order valence-corrected chi connectivity index (χ4v) is 5.58. The number of halogens is 1. The minimum atomic E-state index is -3.12. The molecule has 2 heterocycles. The number of nitrogens with zero attached hydrogens (tertiary/aromatic N) is 2. The average Bonchev–Trinajstić information content (AvgIpc) is 3.09. The van der Waals surface area contributed by atoms with Crippen LogP contribution in [0, 0.1) is 0 Å². The van der Waals surface area contributed by atoms with Crippen LogP contribution in [-0.4, -0.2) is 63.8 Å². The predicted octanol–water partition coefficient (Wildman–Crippen LogP) is 2.51. The second kappa shape index (κ2) is 11.6. The van der Waals surface area contributed by atoms with E-state index in [4.69, 9.17) is 9.47 Å². The van der Waals surface area contributed by atoms with E-state index in [-0.39, 0.29) is 41.9 Å². The van der Waals surface area contributed by atoms with Crippen LogP contribution < -0.4 is 20.1 Å². The molecule has 0 spiro atoms. The summed E-state index contributed by atoms with van der Waals surface area (Å²) in [6.07, 6.45) is 3.26. The van der Waals surface area contributed by atoms with Gasteiger partial charge in [0.15, 0.2) is 5.96 Å². The topological polar surface area (TPSA) is 92.3 Å². The van der Waals surface area contributed by atoms with Crippen LogP contribution in [0.5, 0.6) is 11.5 Å². The normalized spacial score (nSPS) is 19.9. The van der Waals surface area contributed by atoms with Crippen molar-refractivity contribution < 1.29 is 17.9 Å². The van der Waals surface area contributed by atoms with Gasteiger partial charge in [0, 0.05) is 50.3 Å². The number of rotatable bonds is 7. The van der Waals surface area contributed by atoms with Gasteiger partial charge in [-0.05, 0) is 38.3 Å². The molecule has 10 heteroatoms.